The minimum absolute atomic E-state index is 0.148. The smallest absolute Gasteiger partial charge is 0.409 e. The molecule has 0 N–H and O–H groups in total. The molecule has 0 saturated carbocycles. The van der Waals surface area contributed by atoms with Crippen molar-refractivity contribution in [3.05, 3.63) is 70.7 Å². The van der Waals surface area contributed by atoms with Crippen LogP contribution in [0.5, 0.6) is 0 Å². The Kier molecular flexibility index (Phi) is 8.43. The molecule has 1 unspecified atom stereocenters. The first-order chi connectivity index (χ1) is 15.7. The molecule has 172 valence electrons. The number of halogens is 1. The third kappa shape index (κ3) is 6.25. The van der Waals surface area contributed by atoms with E-state index in [0.29, 0.717) is 19.7 Å². The Labute approximate surface area is 196 Å². The molecule has 2 aliphatic rings. The minimum atomic E-state index is -0.178. The van der Waals surface area contributed by atoms with E-state index in [0.717, 1.165) is 37.7 Å². The standard InChI is InChI=1S/C26H34ClN3O2/c27-24-12-10-23(11-13-24)25(22-8-4-3-5-9-22)29-16-18-30(19-17-29)26(31)32-21-20-28-14-6-1-2-7-15-28/h3-5,8-13,25H,1-2,6-7,14-21H2. The van der Waals surface area contributed by atoms with Gasteiger partial charge < -0.3 is 9.64 Å². The molecule has 2 aromatic carbocycles. The van der Waals surface area contributed by atoms with E-state index in [-0.39, 0.29) is 12.1 Å². The lowest BCUT2D eigenvalue weighted by molar-refractivity contribution is 0.0625. The Hall–Kier alpha value is -2.08. The van der Waals surface area contributed by atoms with Crippen molar-refractivity contribution in [2.45, 2.75) is 31.7 Å². The van der Waals surface area contributed by atoms with E-state index in [1.807, 2.05) is 23.1 Å². The molecular formula is C26H34ClN3O2. The highest BCUT2D eigenvalue weighted by atomic mass is 35.5. The number of amides is 1. The molecule has 1 atom stereocenters. The molecule has 32 heavy (non-hydrogen) atoms. The highest BCUT2D eigenvalue weighted by molar-refractivity contribution is 6.30. The first-order valence-corrected chi connectivity index (χ1v) is 12.3. The molecule has 2 aliphatic heterocycles. The number of carbonyl (C=O) groups is 1. The Morgan fingerprint density at radius 3 is 2.09 bits per heavy atom. The quantitative estimate of drug-likeness (QED) is 0.610. The van der Waals surface area contributed by atoms with Gasteiger partial charge in [0.05, 0.1) is 6.04 Å². The number of hydrogen-bond acceptors (Lipinski definition) is 4. The Balaban J connectivity index is 1.31. The van der Waals surface area contributed by atoms with Gasteiger partial charge >= 0.3 is 6.09 Å². The van der Waals surface area contributed by atoms with E-state index in [4.69, 9.17) is 16.3 Å². The molecule has 2 aromatic rings. The van der Waals surface area contributed by atoms with Crippen LogP contribution in [-0.4, -0.2) is 73.2 Å². The van der Waals surface area contributed by atoms with Gasteiger partial charge in [-0.15, -0.1) is 0 Å². The van der Waals surface area contributed by atoms with Crippen LogP contribution in [-0.2, 0) is 4.74 Å². The van der Waals surface area contributed by atoms with Crippen molar-refractivity contribution in [2.24, 2.45) is 0 Å². The van der Waals surface area contributed by atoms with Gasteiger partial charge in [-0.25, -0.2) is 4.79 Å². The Bertz CT molecular complexity index is 830. The summed E-state index contributed by atoms with van der Waals surface area (Å²) in [4.78, 5) is 19.3. The lowest BCUT2D eigenvalue weighted by Crippen LogP contribution is -2.50. The molecule has 2 heterocycles. The van der Waals surface area contributed by atoms with Gasteiger partial charge in [0.15, 0.2) is 0 Å². The Morgan fingerprint density at radius 1 is 0.812 bits per heavy atom. The number of hydrogen-bond donors (Lipinski definition) is 0. The topological polar surface area (TPSA) is 36.0 Å². The number of ether oxygens (including phenoxy) is 1. The second kappa shape index (κ2) is 11.7. The molecule has 2 saturated heterocycles. The van der Waals surface area contributed by atoms with E-state index < -0.39 is 0 Å². The van der Waals surface area contributed by atoms with Crippen molar-refractivity contribution in [1.82, 2.24) is 14.7 Å². The number of rotatable bonds is 6. The third-order valence-corrected chi connectivity index (χ3v) is 6.82. The van der Waals surface area contributed by atoms with E-state index in [9.17, 15) is 4.79 Å². The fraction of sp³-hybridized carbons (Fsp3) is 0.500. The number of nitrogens with zero attached hydrogens (tertiary/aromatic N) is 3. The monoisotopic (exact) mass is 455 g/mol. The van der Waals surface area contributed by atoms with Crippen LogP contribution in [0.3, 0.4) is 0 Å². The highest BCUT2D eigenvalue weighted by Gasteiger charge is 2.28. The molecule has 2 fully saturated rings. The van der Waals surface area contributed by atoms with Gasteiger partial charge in [-0.2, -0.15) is 0 Å². The molecular weight excluding hydrogens is 422 g/mol. The molecule has 0 aromatic heterocycles. The van der Waals surface area contributed by atoms with Crippen LogP contribution in [0.4, 0.5) is 4.79 Å². The predicted octanol–water partition coefficient (Wildman–Crippen LogP) is 5.06. The van der Waals surface area contributed by atoms with Crippen LogP contribution in [0.15, 0.2) is 54.6 Å². The average molecular weight is 456 g/mol. The van der Waals surface area contributed by atoms with Gasteiger partial charge in [-0.05, 0) is 49.2 Å². The molecule has 0 spiro atoms. The first-order valence-electron chi connectivity index (χ1n) is 11.9. The van der Waals surface area contributed by atoms with Crippen LogP contribution in [0, 0.1) is 0 Å². The van der Waals surface area contributed by atoms with Gasteiger partial charge in [0.1, 0.15) is 6.61 Å². The Morgan fingerprint density at radius 2 is 1.44 bits per heavy atom. The van der Waals surface area contributed by atoms with Gasteiger partial charge in [-0.3, -0.25) is 9.80 Å². The van der Waals surface area contributed by atoms with Crippen molar-refractivity contribution in [3.8, 4) is 0 Å². The number of piperazine rings is 1. The van der Waals surface area contributed by atoms with Crippen LogP contribution in [0.1, 0.15) is 42.9 Å². The summed E-state index contributed by atoms with van der Waals surface area (Å²) in [6, 6.07) is 18.8. The molecule has 0 aliphatic carbocycles. The van der Waals surface area contributed by atoms with Crippen molar-refractivity contribution in [1.29, 1.82) is 0 Å². The van der Waals surface area contributed by atoms with E-state index in [2.05, 4.69) is 46.2 Å². The fourth-order valence-electron chi connectivity index (χ4n) is 4.77. The number of benzene rings is 2. The van der Waals surface area contributed by atoms with Crippen molar-refractivity contribution in [3.63, 3.8) is 0 Å². The normalized spacial score (nSPS) is 19.3. The van der Waals surface area contributed by atoms with Crippen molar-refractivity contribution < 1.29 is 9.53 Å². The molecule has 1 amide bonds. The lowest BCUT2D eigenvalue weighted by atomic mass is 9.96. The third-order valence-electron chi connectivity index (χ3n) is 6.57. The second-order valence-electron chi connectivity index (χ2n) is 8.76. The zero-order valence-corrected chi connectivity index (χ0v) is 19.6. The molecule has 0 bridgehead atoms. The summed E-state index contributed by atoms with van der Waals surface area (Å²) < 4.78 is 5.62. The maximum atomic E-state index is 12.6. The summed E-state index contributed by atoms with van der Waals surface area (Å²) >= 11 is 6.13. The van der Waals surface area contributed by atoms with E-state index in [1.165, 1.54) is 36.8 Å². The molecule has 6 heteroatoms. The zero-order valence-electron chi connectivity index (χ0n) is 18.8. The maximum absolute atomic E-state index is 12.6. The summed E-state index contributed by atoms with van der Waals surface area (Å²) in [7, 11) is 0. The van der Waals surface area contributed by atoms with E-state index >= 15 is 0 Å². The zero-order chi connectivity index (χ0) is 22.2. The second-order valence-corrected chi connectivity index (χ2v) is 9.19. The molecule has 4 rings (SSSR count). The van der Waals surface area contributed by atoms with Crippen LogP contribution in [0.2, 0.25) is 5.02 Å². The highest BCUT2D eigenvalue weighted by Crippen LogP contribution is 2.30. The molecule has 5 nitrogen and oxygen atoms in total. The minimum Gasteiger partial charge on any atom is -0.448 e. The van der Waals surface area contributed by atoms with Crippen LogP contribution in [0.25, 0.3) is 0 Å². The summed E-state index contributed by atoms with van der Waals surface area (Å²) in [6.07, 6.45) is 4.97. The first kappa shape index (κ1) is 23.1. The van der Waals surface area contributed by atoms with Gasteiger partial charge in [0.25, 0.3) is 0 Å². The average Bonchev–Trinajstić information content (AvgIpc) is 3.10. The summed E-state index contributed by atoms with van der Waals surface area (Å²) in [5.41, 5.74) is 2.47. The summed E-state index contributed by atoms with van der Waals surface area (Å²) in [6.45, 7) is 6.56. The van der Waals surface area contributed by atoms with Crippen LogP contribution >= 0.6 is 11.6 Å². The summed E-state index contributed by atoms with van der Waals surface area (Å²) in [5, 5.41) is 0.744. The van der Waals surface area contributed by atoms with Crippen molar-refractivity contribution >= 4 is 17.7 Å². The van der Waals surface area contributed by atoms with Crippen molar-refractivity contribution in [2.75, 3.05) is 52.4 Å². The molecule has 0 radical (unpaired) electrons. The number of carbonyl (C=O) groups excluding carboxylic acids is 1. The van der Waals surface area contributed by atoms with Gasteiger partial charge in [0, 0.05) is 37.7 Å². The SMILES string of the molecule is O=C(OCCN1CCCCCC1)N1CCN(C(c2ccccc2)c2ccc(Cl)cc2)CC1. The lowest BCUT2D eigenvalue weighted by Gasteiger charge is -2.39. The summed E-state index contributed by atoms with van der Waals surface area (Å²) in [5.74, 6) is 0. The largest absolute Gasteiger partial charge is 0.448 e. The van der Waals surface area contributed by atoms with Gasteiger partial charge in [-0.1, -0.05) is 66.9 Å². The fourth-order valence-corrected chi connectivity index (χ4v) is 4.90. The maximum Gasteiger partial charge on any atom is 0.409 e. The van der Waals surface area contributed by atoms with Crippen LogP contribution < -0.4 is 0 Å². The van der Waals surface area contributed by atoms with Gasteiger partial charge in [0.2, 0.25) is 0 Å². The van der Waals surface area contributed by atoms with E-state index in [1.54, 1.807) is 0 Å². The predicted molar refractivity (Wildman–Crippen MR) is 129 cm³/mol. The number of likely N-dealkylation sites (tertiary alicyclic amines) is 1.